The topological polar surface area (TPSA) is 151 Å². The average molecular weight is 587 g/mol. The van der Waals surface area contributed by atoms with Crippen molar-refractivity contribution in [3.8, 4) is 0 Å². The van der Waals surface area contributed by atoms with Gasteiger partial charge in [-0.15, -0.1) is 13.2 Å². The first-order valence-electron chi connectivity index (χ1n) is 14.8. The minimum atomic E-state index is -1.10. The monoisotopic (exact) mass is 586 g/mol. The Morgan fingerprint density at radius 1 is 1.07 bits per heavy atom. The number of nitrogens with one attached hydrogen (secondary N) is 3. The van der Waals surface area contributed by atoms with Gasteiger partial charge in [0.2, 0.25) is 17.6 Å². The smallest absolute Gasteiger partial charge is 0.408 e. The molecule has 42 heavy (non-hydrogen) atoms. The summed E-state index contributed by atoms with van der Waals surface area (Å²) in [6.07, 6.45) is 4.36. The Morgan fingerprint density at radius 2 is 1.71 bits per heavy atom. The summed E-state index contributed by atoms with van der Waals surface area (Å²) in [6, 6.07) is -2.97. The van der Waals surface area contributed by atoms with Gasteiger partial charge in [-0.1, -0.05) is 26.0 Å². The lowest BCUT2D eigenvalue weighted by Crippen LogP contribution is -2.60. The highest BCUT2D eigenvalue weighted by atomic mass is 16.6. The minimum absolute atomic E-state index is 0.0607. The molecule has 1 saturated heterocycles. The Bertz CT molecular complexity index is 1110. The van der Waals surface area contributed by atoms with Crippen molar-refractivity contribution in [3.63, 3.8) is 0 Å². The van der Waals surface area contributed by atoms with Gasteiger partial charge in [-0.3, -0.25) is 24.0 Å². The van der Waals surface area contributed by atoms with Gasteiger partial charge in [0, 0.05) is 25.9 Å². The van der Waals surface area contributed by atoms with Crippen LogP contribution in [0.25, 0.3) is 0 Å². The third-order valence-corrected chi connectivity index (χ3v) is 8.68. The summed E-state index contributed by atoms with van der Waals surface area (Å²) >= 11 is 0. The van der Waals surface area contributed by atoms with Crippen LogP contribution in [0.4, 0.5) is 4.79 Å². The summed E-state index contributed by atoms with van der Waals surface area (Å²) in [6.45, 7) is 16.9. The fourth-order valence-corrected chi connectivity index (χ4v) is 6.32. The number of carbonyl (C=O) groups excluding carboxylic acids is 6. The van der Waals surface area contributed by atoms with E-state index in [0.29, 0.717) is 38.6 Å². The van der Waals surface area contributed by atoms with Gasteiger partial charge in [-0.2, -0.15) is 0 Å². The molecule has 0 aromatic carbocycles. The van der Waals surface area contributed by atoms with Gasteiger partial charge in [0.25, 0.3) is 5.91 Å². The average Bonchev–Trinajstić information content (AvgIpc) is 3.23. The number of hydrogen-bond donors (Lipinski definition) is 3. The maximum Gasteiger partial charge on any atom is 0.408 e. The number of likely N-dealkylation sites (tertiary alicyclic amines) is 1. The van der Waals surface area contributed by atoms with Crippen molar-refractivity contribution in [1.29, 1.82) is 0 Å². The van der Waals surface area contributed by atoms with Crippen LogP contribution >= 0.6 is 0 Å². The second-order valence-electron chi connectivity index (χ2n) is 13.2. The molecule has 1 heterocycles. The number of ketones is 2. The molecule has 2 aliphatic carbocycles. The van der Waals surface area contributed by atoms with E-state index in [9.17, 15) is 28.8 Å². The third kappa shape index (κ3) is 7.66. The number of allylic oxidation sites excluding steroid dienone is 1. The van der Waals surface area contributed by atoms with E-state index in [1.807, 2.05) is 13.8 Å². The van der Waals surface area contributed by atoms with Gasteiger partial charge >= 0.3 is 6.09 Å². The van der Waals surface area contributed by atoms with Crippen molar-refractivity contribution in [2.24, 2.45) is 23.2 Å². The van der Waals surface area contributed by atoms with E-state index in [-0.39, 0.29) is 41.9 Å². The van der Waals surface area contributed by atoms with Crippen LogP contribution in [0.1, 0.15) is 73.1 Å². The van der Waals surface area contributed by atoms with Crippen LogP contribution in [0.3, 0.4) is 0 Å². The highest BCUT2D eigenvalue weighted by molar-refractivity contribution is 6.38. The molecule has 0 spiro atoms. The zero-order chi connectivity index (χ0) is 31.4. The van der Waals surface area contributed by atoms with Crippen molar-refractivity contribution >= 4 is 35.4 Å². The fourth-order valence-electron chi connectivity index (χ4n) is 6.32. The highest BCUT2D eigenvalue weighted by Crippen LogP contribution is 2.65. The molecule has 232 valence electrons. The molecule has 3 rings (SSSR count). The normalized spacial score (nSPS) is 24.5. The van der Waals surface area contributed by atoms with Gasteiger partial charge in [0.05, 0.1) is 6.04 Å². The Hall–Kier alpha value is -3.50. The van der Waals surface area contributed by atoms with E-state index < -0.39 is 53.3 Å². The second-order valence-corrected chi connectivity index (χ2v) is 13.2. The molecular weight excluding hydrogens is 540 g/mol. The van der Waals surface area contributed by atoms with E-state index in [1.165, 1.54) is 11.0 Å². The molecule has 0 radical (unpaired) electrons. The molecule has 5 atom stereocenters. The first kappa shape index (κ1) is 33.0. The number of alkyl carbamates (subject to hydrolysis) is 1. The van der Waals surface area contributed by atoms with Crippen LogP contribution in [0, 0.1) is 23.2 Å². The largest absolute Gasteiger partial charge is 0.444 e. The molecule has 2 unspecified atom stereocenters. The van der Waals surface area contributed by atoms with Crippen LogP contribution in [0.2, 0.25) is 0 Å². The maximum absolute atomic E-state index is 14.2. The lowest BCUT2D eigenvalue weighted by molar-refractivity contribution is -0.145. The molecule has 3 aliphatic rings. The van der Waals surface area contributed by atoms with Gasteiger partial charge in [0.1, 0.15) is 23.5 Å². The molecule has 11 nitrogen and oxygen atoms in total. The van der Waals surface area contributed by atoms with Gasteiger partial charge in [-0.05, 0) is 69.6 Å². The molecule has 0 aromatic heterocycles. The minimum Gasteiger partial charge on any atom is -0.444 e. The van der Waals surface area contributed by atoms with E-state index in [1.54, 1.807) is 26.8 Å². The van der Waals surface area contributed by atoms with Crippen LogP contribution in [-0.4, -0.2) is 77.1 Å². The van der Waals surface area contributed by atoms with Crippen LogP contribution < -0.4 is 16.0 Å². The Morgan fingerprint density at radius 3 is 2.29 bits per heavy atom. The molecule has 0 aromatic rings. The lowest BCUT2D eigenvalue weighted by Gasteiger charge is -2.37. The van der Waals surface area contributed by atoms with Crippen molar-refractivity contribution in [2.75, 3.05) is 13.1 Å². The van der Waals surface area contributed by atoms with Crippen molar-refractivity contribution in [1.82, 2.24) is 20.9 Å². The first-order chi connectivity index (χ1) is 19.6. The van der Waals surface area contributed by atoms with E-state index in [0.717, 1.165) is 0 Å². The summed E-state index contributed by atoms with van der Waals surface area (Å²) in [5, 5.41) is 7.95. The number of amides is 4. The number of hydrogen-bond acceptors (Lipinski definition) is 7. The van der Waals surface area contributed by atoms with Crippen LogP contribution in [0.15, 0.2) is 25.3 Å². The van der Waals surface area contributed by atoms with Gasteiger partial charge in [-0.25, -0.2) is 4.79 Å². The molecular formula is C31H46N4O7. The second kappa shape index (κ2) is 13.2. The Labute approximate surface area is 248 Å². The van der Waals surface area contributed by atoms with E-state index in [4.69, 9.17) is 4.74 Å². The predicted octanol–water partition coefficient (Wildman–Crippen LogP) is 2.44. The third-order valence-electron chi connectivity index (χ3n) is 8.68. The number of nitrogens with zero attached hydrogens (tertiary/aromatic N) is 1. The number of fused-ring (bicyclic) bond motifs is 1. The van der Waals surface area contributed by atoms with Crippen LogP contribution in [0.5, 0.6) is 0 Å². The van der Waals surface area contributed by atoms with Crippen molar-refractivity contribution < 1.29 is 33.5 Å². The number of carbonyl (C=O) groups is 6. The zero-order valence-electron chi connectivity index (χ0n) is 25.5. The Kier molecular flexibility index (Phi) is 10.4. The number of piperidine rings is 1. The number of rotatable bonds is 12. The molecule has 11 heteroatoms. The standard InChI is InChI=1S/C31H46N4O7/c1-8-10-11-21(25(37)27(39)32-16-9-2)33-26(38)24-22-20(31(22,6)7)17-35(24)28(40)23(18-12-14-19(36)15-13-18)34-29(41)42-30(3,4)5/h8-9,18,20-24H,1-2,10-17H2,3-7H3,(H,32,39)(H,33,38)(H,34,41)/t20?,21-,22?,23+,24+/m1/s1. The molecule has 2 saturated carbocycles. The quantitative estimate of drug-likeness (QED) is 0.235. The Balaban J connectivity index is 1.86. The van der Waals surface area contributed by atoms with E-state index in [2.05, 4.69) is 29.1 Å². The lowest BCUT2D eigenvalue weighted by atomic mass is 9.82. The fraction of sp³-hybridized carbons (Fsp3) is 0.677. The highest BCUT2D eigenvalue weighted by Gasteiger charge is 2.69. The molecule has 3 fully saturated rings. The summed E-state index contributed by atoms with van der Waals surface area (Å²) < 4.78 is 5.44. The van der Waals surface area contributed by atoms with Gasteiger partial charge in [0.15, 0.2) is 0 Å². The van der Waals surface area contributed by atoms with Gasteiger partial charge < -0.3 is 25.6 Å². The molecule has 1 aliphatic heterocycles. The number of Topliss-reactive ketones (excluding diaryl/α,β-unsaturated/α-hetero) is 2. The predicted molar refractivity (Wildman–Crippen MR) is 156 cm³/mol. The molecule has 0 bridgehead atoms. The van der Waals surface area contributed by atoms with Crippen LogP contribution in [-0.2, 0) is 28.7 Å². The molecule has 3 N–H and O–H groups in total. The zero-order valence-corrected chi connectivity index (χ0v) is 25.5. The SMILES string of the molecule is C=CCC[C@@H](NC(=O)[C@@H]1C2C(CN1C(=O)[C@@H](NC(=O)OC(C)(C)C)C1CCC(=O)CC1)C2(C)C)C(=O)C(=O)NCC=C. The number of ether oxygens (including phenoxy) is 1. The summed E-state index contributed by atoms with van der Waals surface area (Å²) in [7, 11) is 0. The first-order valence-corrected chi connectivity index (χ1v) is 14.8. The summed E-state index contributed by atoms with van der Waals surface area (Å²) in [5.41, 5.74) is -0.987. The summed E-state index contributed by atoms with van der Waals surface area (Å²) in [5.74, 6) is -2.83. The summed E-state index contributed by atoms with van der Waals surface area (Å²) in [4.78, 5) is 79.7. The van der Waals surface area contributed by atoms with E-state index >= 15 is 0 Å². The molecule has 4 amide bonds. The maximum atomic E-state index is 14.2. The van der Waals surface area contributed by atoms with Crippen molar-refractivity contribution in [3.05, 3.63) is 25.3 Å². The van der Waals surface area contributed by atoms with Crippen molar-refractivity contribution in [2.45, 2.75) is 96.9 Å².